The number of esters is 1. The molecule has 0 fully saturated rings. The highest BCUT2D eigenvalue weighted by atomic mass is 32.2. The van der Waals surface area contributed by atoms with Gasteiger partial charge < -0.3 is 19.2 Å². The fourth-order valence-corrected chi connectivity index (χ4v) is 6.85. The maximum Gasteiger partial charge on any atom is 0.324 e. The van der Waals surface area contributed by atoms with Crippen LogP contribution in [0.25, 0.3) is 10.9 Å². The SMILES string of the molecule is COC(=O)C1Cc2c([nH]c3ccccc23)C(c2ccc3c(c2)OCO3)N1S(=O)(=O)c1ccc(C)cc1. The number of nitrogens with zero attached hydrogens (tertiary/aromatic N) is 1. The van der Waals surface area contributed by atoms with Crippen molar-refractivity contribution < 1.29 is 27.4 Å². The van der Waals surface area contributed by atoms with Crippen LogP contribution < -0.4 is 9.47 Å². The van der Waals surface area contributed by atoms with Crippen LogP contribution in [0.15, 0.2) is 71.6 Å². The van der Waals surface area contributed by atoms with E-state index in [0.29, 0.717) is 22.8 Å². The average Bonchev–Trinajstić information content (AvgIpc) is 3.51. The molecule has 1 N–H and O–H groups in total. The van der Waals surface area contributed by atoms with Gasteiger partial charge in [-0.2, -0.15) is 4.31 Å². The molecule has 0 aliphatic carbocycles. The molecule has 2 aliphatic heterocycles. The summed E-state index contributed by atoms with van der Waals surface area (Å²) in [5.74, 6) is 0.495. The number of benzene rings is 3. The highest BCUT2D eigenvalue weighted by Crippen LogP contribution is 2.46. The molecular formula is C27H24N2O6S. The van der Waals surface area contributed by atoms with E-state index in [2.05, 4.69) is 4.98 Å². The largest absolute Gasteiger partial charge is 0.468 e. The lowest BCUT2D eigenvalue weighted by Crippen LogP contribution is -2.51. The minimum Gasteiger partial charge on any atom is -0.468 e. The molecule has 3 heterocycles. The van der Waals surface area contributed by atoms with Gasteiger partial charge in [-0.15, -0.1) is 0 Å². The summed E-state index contributed by atoms with van der Waals surface area (Å²) < 4.78 is 45.9. The Kier molecular flexibility index (Phi) is 5.27. The number of H-pyrrole nitrogens is 1. The van der Waals surface area contributed by atoms with Gasteiger partial charge >= 0.3 is 5.97 Å². The first kappa shape index (κ1) is 22.6. The second kappa shape index (κ2) is 8.39. The van der Waals surface area contributed by atoms with Crippen LogP contribution in [-0.4, -0.2) is 43.6 Å². The van der Waals surface area contributed by atoms with E-state index in [4.69, 9.17) is 14.2 Å². The van der Waals surface area contributed by atoms with Crippen molar-refractivity contribution in [1.29, 1.82) is 0 Å². The lowest BCUT2D eigenvalue weighted by Gasteiger charge is -2.39. The third-order valence-electron chi connectivity index (χ3n) is 6.86. The molecule has 2 atom stereocenters. The second-order valence-electron chi connectivity index (χ2n) is 8.97. The number of ether oxygens (including phenoxy) is 3. The Labute approximate surface area is 208 Å². The smallest absolute Gasteiger partial charge is 0.324 e. The Hall–Kier alpha value is -3.82. The van der Waals surface area contributed by atoms with E-state index >= 15 is 0 Å². The molecular weight excluding hydrogens is 480 g/mol. The summed E-state index contributed by atoms with van der Waals surface area (Å²) in [7, 11) is -2.86. The van der Waals surface area contributed by atoms with E-state index in [0.717, 1.165) is 22.0 Å². The molecule has 4 aromatic rings. The summed E-state index contributed by atoms with van der Waals surface area (Å²) in [4.78, 5) is 16.7. The Bertz CT molecular complexity index is 1590. The summed E-state index contributed by atoms with van der Waals surface area (Å²) in [5.41, 5.74) is 4.05. The number of aromatic nitrogens is 1. The summed E-state index contributed by atoms with van der Waals surface area (Å²) in [6.07, 6.45) is 0.179. The Balaban J connectivity index is 1.63. The number of methoxy groups -OCH3 is 1. The van der Waals surface area contributed by atoms with Crippen LogP contribution in [0.2, 0.25) is 0 Å². The molecule has 8 nitrogen and oxygen atoms in total. The van der Waals surface area contributed by atoms with Crippen LogP contribution in [0.3, 0.4) is 0 Å². The van der Waals surface area contributed by atoms with Gasteiger partial charge in [0.25, 0.3) is 0 Å². The van der Waals surface area contributed by atoms with Crippen molar-refractivity contribution in [3.63, 3.8) is 0 Å². The number of aryl methyl sites for hydroxylation is 1. The standard InChI is InChI=1S/C27H24N2O6S/c1-16-7-10-18(11-8-16)36(31,32)29-22(27(30)33-2)14-20-19-5-3-4-6-21(19)28-25(20)26(29)17-9-12-23-24(13-17)35-15-34-23/h3-13,22,26,28H,14-15H2,1-2H3. The van der Waals surface area contributed by atoms with Gasteiger partial charge in [-0.05, 0) is 48.4 Å². The minimum absolute atomic E-state index is 0.0945. The van der Waals surface area contributed by atoms with Gasteiger partial charge in [0.05, 0.1) is 18.0 Å². The highest BCUT2D eigenvalue weighted by Gasteiger charge is 2.48. The number of carbonyl (C=O) groups excluding carboxylic acids is 1. The number of rotatable bonds is 4. The number of sulfonamides is 1. The van der Waals surface area contributed by atoms with E-state index in [1.807, 2.05) is 37.3 Å². The normalized spacial score (nSPS) is 19.3. The van der Waals surface area contributed by atoms with Gasteiger partial charge in [-0.3, -0.25) is 4.79 Å². The molecule has 0 saturated heterocycles. The van der Waals surface area contributed by atoms with Crippen molar-refractivity contribution in [2.45, 2.75) is 30.3 Å². The van der Waals surface area contributed by atoms with Crippen molar-refractivity contribution in [3.05, 3.63) is 89.1 Å². The number of aromatic amines is 1. The van der Waals surface area contributed by atoms with Crippen LogP contribution in [0.4, 0.5) is 0 Å². The monoisotopic (exact) mass is 504 g/mol. The molecule has 1 aromatic heterocycles. The number of fused-ring (bicyclic) bond motifs is 4. The zero-order valence-corrected chi connectivity index (χ0v) is 20.5. The number of para-hydroxylation sites is 1. The number of hydrogen-bond donors (Lipinski definition) is 1. The molecule has 0 bridgehead atoms. The number of carbonyl (C=O) groups is 1. The van der Waals surface area contributed by atoms with E-state index in [9.17, 15) is 13.2 Å². The predicted molar refractivity (Wildman–Crippen MR) is 132 cm³/mol. The average molecular weight is 505 g/mol. The molecule has 0 saturated carbocycles. The topological polar surface area (TPSA) is 97.9 Å². The first-order valence-corrected chi connectivity index (χ1v) is 13.0. The van der Waals surface area contributed by atoms with Gasteiger partial charge in [0.1, 0.15) is 6.04 Å². The maximum atomic E-state index is 14.2. The number of nitrogens with one attached hydrogen (secondary N) is 1. The van der Waals surface area contributed by atoms with E-state index in [1.54, 1.807) is 36.4 Å². The first-order chi connectivity index (χ1) is 17.4. The van der Waals surface area contributed by atoms with Gasteiger partial charge in [0.15, 0.2) is 11.5 Å². The Morgan fingerprint density at radius 2 is 1.78 bits per heavy atom. The zero-order chi connectivity index (χ0) is 25.0. The number of hydrogen-bond acceptors (Lipinski definition) is 6. The van der Waals surface area contributed by atoms with Gasteiger partial charge in [-0.1, -0.05) is 42.0 Å². The predicted octanol–water partition coefficient (Wildman–Crippen LogP) is 4.08. The summed E-state index contributed by atoms with van der Waals surface area (Å²) in [6, 6.07) is 17.8. The summed E-state index contributed by atoms with van der Waals surface area (Å²) >= 11 is 0. The fraction of sp³-hybridized carbons (Fsp3) is 0.222. The maximum absolute atomic E-state index is 14.2. The zero-order valence-electron chi connectivity index (χ0n) is 19.7. The van der Waals surface area contributed by atoms with E-state index in [1.165, 1.54) is 11.4 Å². The molecule has 0 radical (unpaired) electrons. The molecule has 36 heavy (non-hydrogen) atoms. The summed E-state index contributed by atoms with van der Waals surface area (Å²) in [6.45, 7) is 1.98. The molecule has 6 rings (SSSR count). The van der Waals surface area contributed by atoms with Crippen molar-refractivity contribution in [2.75, 3.05) is 13.9 Å². The highest BCUT2D eigenvalue weighted by molar-refractivity contribution is 7.89. The fourth-order valence-electron chi connectivity index (χ4n) is 5.12. The van der Waals surface area contributed by atoms with Gasteiger partial charge in [-0.25, -0.2) is 8.42 Å². The first-order valence-electron chi connectivity index (χ1n) is 11.6. The van der Waals surface area contributed by atoms with Crippen molar-refractivity contribution >= 4 is 26.9 Å². The van der Waals surface area contributed by atoms with Crippen LogP contribution in [0.5, 0.6) is 11.5 Å². The van der Waals surface area contributed by atoms with Crippen LogP contribution in [-0.2, 0) is 26.0 Å². The molecule has 2 unspecified atom stereocenters. The molecule has 0 spiro atoms. The van der Waals surface area contributed by atoms with Gasteiger partial charge in [0, 0.05) is 23.0 Å². The van der Waals surface area contributed by atoms with Crippen molar-refractivity contribution in [1.82, 2.24) is 9.29 Å². The molecule has 0 amide bonds. The third-order valence-corrected chi connectivity index (χ3v) is 8.75. The molecule has 184 valence electrons. The lowest BCUT2D eigenvalue weighted by atomic mass is 9.90. The third kappa shape index (κ3) is 3.46. The van der Waals surface area contributed by atoms with E-state index < -0.39 is 28.1 Å². The summed E-state index contributed by atoms with van der Waals surface area (Å²) in [5, 5.41) is 0.944. The minimum atomic E-state index is -4.13. The quantitative estimate of drug-likeness (QED) is 0.421. The Morgan fingerprint density at radius 3 is 2.56 bits per heavy atom. The van der Waals surface area contributed by atoms with Crippen molar-refractivity contribution in [3.8, 4) is 11.5 Å². The second-order valence-corrected chi connectivity index (χ2v) is 10.8. The molecule has 9 heteroatoms. The van der Waals surface area contributed by atoms with E-state index in [-0.39, 0.29) is 18.1 Å². The van der Waals surface area contributed by atoms with Crippen molar-refractivity contribution in [2.24, 2.45) is 0 Å². The van der Waals surface area contributed by atoms with Gasteiger partial charge in [0.2, 0.25) is 16.8 Å². The lowest BCUT2D eigenvalue weighted by molar-refractivity contribution is -0.145. The van der Waals surface area contributed by atoms with Crippen LogP contribution >= 0.6 is 0 Å². The van der Waals surface area contributed by atoms with Crippen LogP contribution in [0.1, 0.15) is 28.4 Å². The molecule has 2 aliphatic rings. The molecule has 3 aromatic carbocycles. The Morgan fingerprint density at radius 1 is 1.03 bits per heavy atom. The van der Waals surface area contributed by atoms with Crippen LogP contribution in [0, 0.1) is 6.92 Å².